The zero-order chi connectivity index (χ0) is 13.0. The number of nitrogens with one attached hydrogen (secondary N) is 2. The van der Waals surface area contributed by atoms with Crippen LogP contribution in [-0.2, 0) is 4.79 Å². The van der Waals surface area contributed by atoms with E-state index in [0.29, 0.717) is 23.8 Å². The minimum absolute atomic E-state index is 0.0809. The van der Waals surface area contributed by atoms with Gasteiger partial charge in [0.1, 0.15) is 5.15 Å². The normalized spacial score (nSPS) is 14.1. The van der Waals surface area contributed by atoms with Gasteiger partial charge in [-0.05, 0) is 25.0 Å². The van der Waals surface area contributed by atoms with Crippen LogP contribution in [0.3, 0.4) is 0 Å². The number of pyridine rings is 1. The maximum Gasteiger partial charge on any atom is 0.252 e. The van der Waals surface area contributed by atoms with Gasteiger partial charge in [-0.15, -0.1) is 0 Å². The standard InChI is InChI=1S/C12H14ClN3O2/c13-10-4-3-9(7-16-10)12(18)15-6-5-14-11(17)8-1-2-8/h3-4,7-8H,1-2,5-6H2,(H,14,17)(H,15,18). The third-order valence-corrected chi connectivity index (χ3v) is 2.87. The number of halogens is 1. The average molecular weight is 268 g/mol. The van der Waals surface area contributed by atoms with E-state index in [9.17, 15) is 9.59 Å². The van der Waals surface area contributed by atoms with Gasteiger partial charge < -0.3 is 10.6 Å². The number of amides is 2. The highest BCUT2D eigenvalue weighted by Gasteiger charge is 2.28. The van der Waals surface area contributed by atoms with Crippen LogP contribution in [0.25, 0.3) is 0 Å². The molecule has 1 heterocycles. The van der Waals surface area contributed by atoms with Crippen molar-refractivity contribution in [3.63, 3.8) is 0 Å². The molecule has 1 aliphatic carbocycles. The molecule has 96 valence electrons. The van der Waals surface area contributed by atoms with E-state index in [1.807, 2.05) is 0 Å². The van der Waals surface area contributed by atoms with E-state index < -0.39 is 0 Å². The van der Waals surface area contributed by atoms with Gasteiger partial charge in [0.05, 0.1) is 5.56 Å². The highest BCUT2D eigenvalue weighted by Crippen LogP contribution is 2.28. The lowest BCUT2D eigenvalue weighted by molar-refractivity contribution is -0.122. The quantitative estimate of drug-likeness (QED) is 0.617. The number of carbonyl (C=O) groups excluding carboxylic acids is 2. The molecule has 0 aromatic carbocycles. The molecule has 1 saturated carbocycles. The second kappa shape index (κ2) is 5.82. The molecule has 0 unspecified atom stereocenters. The van der Waals surface area contributed by atoms with Crippen molar-refractivity contribution in [2.75, 3.05) is 13.1 Å². The van der Waals surface area contributed by atoms with Crippen molar-refractivity contribution in [2.24, 2.45) is 5.92 Å². The van der Waals surface area contributed by atoms with E-state index in [2.05, 4.69) is 15.6 Å². The maximum atomic E-state index is 11.6. The van der Waals surface area contributed by atoms with Crippen LogP contribution in [0.5, 0.6) is 0 Å². The number of rotatable bonds is 5. The van der Waals surface area contributed by atoms with Crippen LogP contribution in [0.2, 0.25) is 5.15 Å². The summed E-state index contributed by atoms with van der Waals surface area (Å²) in [4.78, 5) is 26.8. The number of hydrogen-bond donors (Lipinski definition) is 2. The molecule has 5 nitrogen and oxygen atoms in total. The van der Waals surface area contributed by atoms with Crippen LogP contribution < -0.4 is 10.6 Å². The second-order valence-corrected chi connectivity index (χ2v) is 4.58. The second-order valence-electron chi connectivity index (χ2n) is 4.19. The third-order valence-electron chi connectivity index (χ3n) is 2.65. The summed E-state index contributed by atoms with van der Waals surface area (Å²) in [5, 5.41) is 5.82. The topological polar surface area (TPSA) is 71.1 Å². The molecule has 1 aliphatic rings. The van der Waals surface area contributed by atoms with Crippen molar-refractivity contribution in [3.05, 3.63) is 29.0 Å². The summed E-state index contributed by atoms with van der Waals surface area (Å²) in [5.74, 6) is 0.0541. The number of aromatic nitrogens is 1. The van der Waals surface area contributed by atoms with Crippen molar-refractivity contribution in [1.82, 2.24) is 15.6 Å². The van der Waals surface area contributed by atoms with Gasteiger partial charge in [-0.3, -0.25) is 9.59 Å². The molecule has 1 aromatic rings. The van der Waals surface area contributed by atoms with Gasteiger partial charge in [-0.2, -0.15) is 0 Å². The molecule has 0 atom stereocenters. The summed E-state index contributed by atoms with van der Waals surface area (Å²) < 4.78 is 0. The average Bonchev–Trinajstić information content (AvgIpc) is 3.19. The fourth-order valence-electron chi connectivity index (χ4n) is 1.46. The van der Waals surface area contributed by atoms with E-state index in [0.717, 1.165) is 12.8 Å². The summed E-state index contributed by atoms with van der Waals surface area (Å²) in [5.41, 5.74) is 0.452. The van der Waals surface area contributed by atoms with Gasteiger partial charge in [0.2, 0.25) is 5.91 Å². The SMILES string of the molecule is O=C(NCCNC(=O)C1CC1)c1ccc(Cl)nc1. The van der Waals surface area contributed by atoms with Crippen LogP contribution in [0, 0.1) is 5.92 Å². The molecular formula is C12H14ClN3O2. The molecular weight excluding hydrogens is 254 g/mol. The molecule has 6 heteroatoms. The molecule has 2 N–H and O–H groups in total. The van der Waals surface area contributed by atoms with Crippen LogP contribution in [0.15, 0.2) is 18.3 Å². The summed E-state index contributed by atoms with van der Waals surface area (Å²) in [7, 11) is 0. The number of carbonyl (C=O) groups is 2. The Bertz CT molecular complexity index is 443. The first-order valence-electron chi connectivity index (χ1n) is 5.84. The lowest BCUT2D eigenvalue weighted by atomic mass is 10.3. The van der Waals surface area contributed by atoms with E-state index in [1.54, 1.807) is 12.1 Å². The van der Waals surface area contributed by atoms with Crippen LogP contribution in [0.1, 0.15) is 23.2 Å². The van der Waals surface area contributed by atoms with Crippen molar-refractivity contribution in [3.8, 4) is 0 Å². The fraction of sp³-hybridized carbons (Fsp3) is 0.417. The van der Waals surface area contributed by atoms with E-state index >= 15 is 0 Å². The Morgan fingerprint density at radius 1 is 1.28 bits per heavy atom. The molecule has 1 aromatic heterocycles. The smallest absolute Gasteiger partial charge is 0.252 e. The lowest BCUT2D eigenvalue weighted by Gasteiger charge is -2.06. The monoisotopic (exact) mass is 267 g/mol. The Hall–Kier alpha value is -1.62. The predicted octanol–water partition coefficient (Wildman–Crippen LogP) is 0.991. The zero-order valence-corrected chi connectivity index (χ0v) is 10.5. The molecule has 0 radical (unpaired) electrons. The van der Waals surface area contributed by atoms with Crippen LogP contribution in [0.4, 0.5) is 0 Å². The van der Waals surface area contributed by atoms with Crippen molar-refractivity contribution in [1.29, 1.82) is 0 Å². The van der Waals surface area contributed by atoms with Crippen LogP contribution >= 0.6 is 11.6 Å². The van der Waals surface area contributed by atoms with Gasteiger partial charge in [-0.1, -0.05) is 11.6 Å². The first-order valence-corrected chi connectivity index (χ1v) is 6.22. The van der Waals surface area contributed by atoms with Crippen molar-refractivity contribution < 1.29 is 9.59 Å². The van der Waals surface area contributed by atoms with Gasteiger partial charge in [-0.25, -0.2) is 4.98 Å². The molecule has 18 heavy (non-hydrogen) atoms. The first-order chi connectivity index (χ1) is 8.66. The Balaban J connectivity index is 1.68. The molecule has 0 bridgehead atoms. The van der Waals surface area contributed by atoms with Gasteiger partial charge in [0.15, 0.2) is 0 Å². The Labute approximate surface area is 110 Å². The summed E-state index contributed by atoms with van der Waals surface area (Å²) in [6.45, 7) is 0.849. The van der Waals surface area contributed by atoms with Gasteiger partial charge >= 0.3 is 0 Å². The van der Waals surface area contributed by atoms with Crippen molar-refractivity contribution >= 4 is 23.4 Å². The largest absolute Gasteiger partial charge is 0.354 e. The van der Waals surface area contributed by atoms with Gasteiger partial charge in [0, 0.05) is 25.2 Å². The Morgan fingerprint density at radius 2 is 2.00 bits per heavy atom. The Kier molecular flexibility index (Phi) is 4.15. The molecule has 2 rings (SSSR count). The summed E-state index contributed by atoms with van der Waals surface area (Å²) >= 11 is 5.62. The highest BCUT2D eigenvalue weighted by molar-refractivity contribution is 6.29. The summed E-state index contributed by atoms with van der Waals surface area (Å²) in [6, 6.07) is 3.17. The molecule has 2 amide bonds. The van der Waals surface area contributed by atoms with E-state index in [1.165, 1.54) is 6.20 Å². The van der Waals surface area contributed by atoms with Crippen LogP contribution in [-0.4, -0.2) is 29.9 Å². The third kappa shape index (κ3) is 3.70. The zero-order valence-electron chi connectivity index (χ0n) is 9.78. The summed E-state index contributed by atoms with van der Waals surface area (Å²) in [6.07, 6.45) is 3.38. The first kappa shape index (κ1) is 12.8. The fourth-order valence-corrected chi connectivity index (χ4v) is 1.58. The van der Waals surface area contributed by atoms with Gasteiger partial charge in [0.25, 0.3) is 5.91 Å². The number of nitrogens with zero attached hydrogens (tertiary/aromatic N) is 1. The molecule has 0 spiro atoms. The predicted molar refractivity (Wildman–Crippen MR) is 67.3 cm³/mol. The lowest BCUT2D eigenvalue weighted by Crippen LogP contribution is -2.35. The van der Waals surface area contributed by atoms with Crippen molar-refractivity contribution in [2.45, 2.75) is 12.8 Å². The minimum atomic E-state index is -0.222. The molecule has 1 fully saturated rings. The maximum absolute atomic E-state index is 11.6. The number of hydrogen-bond acceptors (Lipinski definition) is 3. The minimum Gasteiger partial charge on any atom is -0.354 e. The van der Waals surface area contributed by atoms with E-state index in [-0.39, 0.29) is 17.7 Å². The Morgan fingerprint density at radius 3 is 2.61 bits per heavy atom. The van der Waals surface area contributed by atoms with E-state index in [4.69, 9.17) is 11.6 Å². The highest BCUT2D eigenvalue weighted by atomic mass is 35.5. The molecule has 0 saturated heterocycles. The molecule has 0 aliphatic heterocycles.